The van der Waals surface area contributed by atoms with Crippen LogP contribution in [0.25, 0.3) is 0 Å². The molecule has 0 heterocycles. The molecule has 0 N–H and O–H groups in total. The third-order valence-electron chi connectivity index (χ3n) is 4.72. The summed E-state index contributed by atoms with van der Waals surface area (Å²) in [6.07, 6.45) is 0.00136. The van der Waals surface area contributed by atoms with Crippen molar-refractivity contribution in [3.8, 4) is 6.07 Å². The monoisotopic (exact) mass is 415 g/mol. The Balaban J connectivity index is 2.54. The molecular formula is C26H26NO2P. The van der Waals surface area contributed by atoms with Crippen molar-refractivity contribution in [2.45, 2.75) is 32.8 Å². The second-order valence-electron chi connectivity index (χ2n) is 7.96. The number of carbonyl (C=O) groups is 1. The quantitative estimate of drug-likeness (QED) is 0.458. The lowest BCUT2D eigenvalue weighted by Gasteiger charge is -2.32. The Bertz CT molecular complexity index is 989. The number of hydrogen-bond acceptors (Lipinski definition) is 3. The highest BCUT2D eigenvalue weighted by Gasteiger charge is 2.34. The summed E-state index contributed by atoms with van der Waals surface area (Å²) in [6.45, 7) is 2.95. The van der Waals surface area contributed by atoms with Gasteiger partial charge in [0.1, 0.15) is 5.60 Å². The van der Waals surface area contributed by atoms with E-state index >= 15 is 0 Å². The van der Waals surface area contributed by atoms with E-state index in [1.165, 1.54) is 0 Å². The minimum Gasteiger partial charge on any atom is -0.457 e. The highest BCUT2D eigenvalue weighted by atomic mass is 31.2. The predicted molar refractivity (Wildman–Crippen MR) is 126 cm³/mol. The van der Waals surface area contributed by atoms with Gasteiger partial charge in [-0.15, -0.1) is 0 Å². The molecule has 0 saturated heterocycles. The van der Waals surface area contributed by atoms with Gasteiger partial charge in [0.2, 0.25) is 0 Å². The molecule has 3 nitrogen and oxygen atoms in total. The van der Waals surface area contributed by atoms with Crippen LogP contribution in [0.3, 0.4) is 0 Å². The van der Waals surface area contributed by atoms with Gasteiger partial charge in [-0.05, 0) is 43.6 Å². The van der Waals surface area contributed by atoms with Crippen LogP contribution in [0.1, 0.15) is 27.2 Å². The summed E-state index contributed by atoms with van der Waals surface area (Å²) in [5.74, 6) is -0.408. The van der Waals surface area contributed by atoms with Gasteiger partial charge in [-0.2, -0.15) is 5.26 Å². The van der Waals surface area contributed by atoms with Gasteiger partial charge in [-0.1, -0.05) is 91.0 Å². The molecule has 3 aromatic rings. The summed E-state index contributed by atoms with van der Waals surface area (Å²) in [7, 11) is 0. The molecule has 3 aromatic carbocycles. The number of carbonyl (C=O) groups excluding carboxylic acids is 1. The number of nitrogens with zero attached hydrogens (tertiary/aromatic N) is 1. The van der Waals surface area contributed by atoms with Gasteiger partial charge < -0.3 is 4.74 Å². The Labute approximate surface area is 178 Å². The van der Waals surface area contributed by atoms with Gasteiger partial charge in [0, 0.05) is 0 Å². The van der Waals surface area contributed by atoms with Crippen molar-refractivity contribution >= 4 is 34.1 Å². The molecule has 0 bridgehead atoms. The predicted octanol–water partition coefficient (Wildman–Crippen LogP) is 4.41. The molecule has 0 aliphatic rings. The molecule has 0 radical (unpaired) electrons. The largest absolute Gasteiger partial charge is 0.457 e. The lowest BCUT2D eigenvalue weighted by Crippen LogP contribution is -2.36. The minimum atomic E-state index is -2.60. The molecule has 0 aliphatic carbocycles. The third kappa shape index (κ3) is 4.40. The van der Waals surface area contributed by atoms with Gasteiger partial charge in [-0.3, -0.25) is 0 Å². The topological polar surface area (TPSA) is 50.1 Å². The second-order valence-corrected chi connectivity index (χ2v) is 11.4. The third-order valence-corrected chi connectivity index (χ3v) is 9.09. The fraction of sp³-hybridized carbons (Fsp3) is 0.192. The van der Waals surface area contributed by atoms with Crippen molar-refractivity contribution in [3.05, 3.63) is 91.0 Å². The standard InChI is InChI=1S/C26H26NO2P/c1-26(2,3)29-25(28)24(19-20-27)30(21-13-7-4-8-14-21,22-15-9-5-10-16-22)23-17-11-6-12-18-23/h4-18H,19H2,1-3H3. The maximum atomic E-state index is 13.5. The number of hydrogen-bond donors (Lipinski definition) is 0. The van der Waals surface area contributed by atoms with E-state index < -0.39 is 18.5 Å². The van der Waals surface area contributed by atoms with E-state index in [0.29, 0.717) is 5.29 Å². The van der Waals surface area contributed by atoms with Crippen molar-refractivity contribution in [2.75, 3.05) is 0 Å². The van der Waals surface area contributed by atoms with E-state index in [4.69, 9.17) is 4.74 Å². The molecule has 0 aliphatic heterocycles. The van der Waals surface area contributed by atoms with Crippen LogP contribution in [0, 0.1) is 11.3 Å². The molecular weight excluding hydrogens is 389 g/mol. The summed E-state index contributed by atoms with van der Waals surface area (Å²) < 4.78 is 5.82. The van der Waals surface area contributed by atoms with Gasteiger partial charge in [0.25, 0.3) is 0 Å². The molecule has 0 atom stereocenters. The second kappa shape index (κ2) is 9.16. The van der Waals surface area contributed by atoms with Gasteiger partial charge >= 0.3 is 5.97 Å². The van der Waals surface area contributed by atoms with Crippen molar-refractivity contribution < 1.29 is 9.53 Å². The average Bonchev–Trinajstić information content (AvgIpc) is 2.75. The fourth-order valence-corrected chi connectivity index (χ4v) is 7.92. The van der Waals surface area contributed by atoms with Gasteiger partial charge in [0.15, 0.2) is 0 Å². The van der Waals surface area contributed by atoms with Crippen molar-refractivity contribution in [3.63, 3.8) is 0 Å². The first-order chi connectivity index (χ1) is 14.4. The summed E-state index contributed by atoms with van der Waals surface area (Å²) in [5, 5.41) is 13.3. The zero-order valence-electron chi connectivity index (χ0n) is 17.6. The van der Waals surface area contributed by atoms with Crippen molar-refractivity contribution in [2.24, 2.45) is 0 Å². The van der Waals surface area contributed by atoms with Crippen LogP contribution >= 0.6 is 6.89 Å². The molecule has 0 aromatic heterocycles. The molecule has 0 spiro atoms. The molecule has 0 amide bonds. The molecule has 0 saturated carbocycles. The Kier molecular flexibility index (Phi) is 6.60. The van der Waals surface area contributed by atoms with Crippen LogP contribution in [0.2, 0.25) is 0 Å². The molecule has 30 heavy (non-hydrogen) atoms. The summed E-state index contributed by atoms with van der Waals surface area (Å²) >= 11 is 0. The number of ether oxygens (including phenoxy) is 1. The van der Waals surface area contributed by atoms with E-state index in [1.807, 2.05) is 75.4 Å². The van der Waals surface area contributed by atoms with Crippen LogP contribution in [0.4, 0.5) is 0 Å². The zero-order valence-corrected chi connectivity index (χ0v) is 18.5. The summed E-state index contributed by atoms with van der Waals surface area (Å²) in [6, 6.07) is 32.3. The first-order valence-corrected chi connectivity index (χ1v) is 11.7. The van der Waals surface area contributed by atoms with E-state index in [0.717, 1.165) is 15.9 Å². The maximum absolute atomic E-state index is 13.5. The Morgan fingerprint density at radius 1 is 0.800 bits per heavy atom. The SMILES string of the molecule is CC(C)(C)OC(=O)C(CC#N)=P(c1ccccc1)(c1ccccc1)c1ccccc1. The van der Waals surface area contributed by atoms with E-state index in [1.54, 1.807) is 0 Å². The number of rotatable bonds is 5. The molecule has 4 heteroatoms. The maximum Gasteiger partial charge on any atom is 0.336 e. The molecule has 3 rings (SSSR count). The smallest absolute Gasteiger partial charge is 0.336 e. The highest BCUT2D eigenvalue weighted by Crippen LogP contribution is 2.47. The Morgan fingerprint density at radius 3 is 1.47 bits per heavy atom. The van der Waals surface area contributed by atoms with E-state index in [9.17, 15) is 10.1 Å². The first kappa shape index (κ1) is 21.6. The van der Waals surface area contributed by atoms with E-state index in [2.05, 4.69) is 42.5 Å². The number of esters is 1. The van der Waals surface area contributed by atoms with Crippen LogP contribution in [-0.4, -0.2) is 16.9 Å². The fourth-order valence-electron chi connectivity index (χ4n) is 3.61. The Hall–Kier alpha value is -3.08. The minimum absolute atomic E-state index is 0.00136. The summed E-state index contributed by atoms with van der Waals surface area (Å²) in [4.78, 5) is 13.5. The van der Waals surface area contributed by atoms with E-state index in [-0.39, 0.29) is 6.42 Å². The number of benzene rings is 3. The van der Waals surface area contributed by atoms with Crippen LogP contribution in [0.15, 0.2) is 91.0 Å². The Morgan fingerprint density at radius 2 is 1.17 bits per heavy atom. The van der Waals surface area contributed by atoms with Crippen LogP contribution in [-0.2, 0) is 9.53 Å². The van der Waals surface area contributed by atoms with Crippen LogP contribution in [0.5, 0.6) is 0 Å². The molecule has 152 valence electrons. The normalized spacial score (nSPS) is 11.4. The van der Waals surface area contributed by atoms with Crippen molar-refractivity contribution in [1.29, 1.82) is 5.26 Å². The molecule has 0 unspecified atom stereocenters. The van der Waals surface area contributed by atoms with Crippen LogP contribution < -0.4 is 15.9 Å². The average molecular weight is 415 g/mol. The van der Waals surface area contributed by atoms with Gasteiger partial charge in [-0.25, -0.2) is 4.79 Å². The lowest BCUT2D eigenvalue weighted by atomic mass is 10.2. The highest BCUT2D eigenvalue weighted by molar-refractivity contribution is 7.96. The molecule has 0 fully saturated rings. The number of nitriles is 1. The lowest BCUT2D eigenvalue weighted by molar-refractivity contribution is -0.145. The first-order valence-electron chi connectivity index (χ1n) is 9.92. The van der Waals surface area contributed by atoms with Crippen molar-refractivity contribution in [1.82, 2.24) is 0 Å². The zero-order chi connectivity index (χ0) is 21.6. The van der Waals surface area contributed by atoms with Gasteiger partial charge in [0.05, 0.1) is 17.8 Å². The summed E-state index contributed by atoms with van der Waals surface area (Å²) in [5.41, 5.74) is -0.655.